The molecule has 0 unspecified atom stereocenters. The number of carbonyl (C=O) groups excluding carboxylic acids is 1. The van der Waals surface area contributed by atoms with Gasteiger partial charge in [-0.15, -0.1) is 11.3 Å². The Balaban J connectivity index is 1.42. The molecule has 7 nitrogen and oxygen atoms in total. The van der Waals surface area contributed by atoms with Crippen molar-refractivity contribution in [3.05, 3.63) is 69.7 Å². The number of aromatic nitrogens is 1. The van der Waals surface area contributed by atoms with Crippen molar-refractivity contribution < 1.29 is 17.9 Å². The van der Waals surface area contributed by atoms with Crippen LogP contribution in [0.5, 0.6) is 0 Å². The Morgan fingerprint density at radius 2 is 2.03 bits per heavy atom. The van der Waals surface area contributed by atoms with E-state index < -0.39 is 16.0 Å². The molecule has 1 aliphatic rings. The van der Waals surface area contributed by atoms with Crippen LogP contribution in [0.4, 0.5) is 10.8 Å². The summed E-state index contributed by atoms with van der Waals surface area (Å²) in [5.74, 6) is -0.361. The van der Waals surface area contributed by atoms with E-state index >= 15 is 0 Å². The number of rotatable bonds is 7. The fourth-order valence-electron chi connectivity index (χ4n) is 3.75. The molecule has 0 spiro atoms. The molecule has 0 radical (unpaired) electrons. The van der Waals surface area contributed by atoms with Gasteiger partial charge in [0.15, 0.2) is 5.13 Å². The average Bonchev–Trinajstić information content (AvgIpc) is 3.26. The monoisotopic (exact) mass is 519 g/mol. The molecule has 1 N–H and O–H groups in total. The number of aryl methyl sites for hydroxylation is 1. The standard InChI is InChI=1S/C24H26ClN3O4S2/c1-16-5-8-19(9-6-16)26-24-27-20(15-33-24)14-32-23(29)18-7-10-21(25)22(12-18)34(30,31)28-11-3-4-17(2)13-28/h5-10,12,15,17H,3-4,11,13-14H2,1-2H3,(H,26,27)/t17-/m1/s1. The molecular weight excluding hydrogens is 494 g/mol. The predicted molar refractivity (Wildman–Crippen MR) is 134 cm³/mol. The minimum absolute atomic E-state index is 0.0285. The average molecular weight is 520 g/mol. The number of nitrogens with zero attached hydrogens (tertiary/aromatic N) is 2. The van der Waals surface area contributed by atoms with Crippen LogP contribution >= 0.6 is 22.9 Å². The lowest BCUT2D eigenvalue weighted by atomic mass is 10.0. The van der Waals surface area contributed by atoms with Crippen molar-refractivity contribution in [2.75, 3.05) is 18.4 Å². The maximum Gasteiger partial charge on any atom is 0.338 e. The maximum absolute atomic E-state index is 13.2. The highest BCUT2D eigenvalue weighted by atomic mass is 35.5. The van der Waals surface area contributed by atoms with Gasteiger partial charge in [-0.25, -0.2) is 18.2 Å². The second kappa shape index (κ2) is 10.4. The highest BCUT2D eigenvalue weighted by Gasteiger charge is 2.31. The Labute approximate surface area is 208 Å². The lowest BCUT2D eigenvalue weighted by Crippen LogP contribution is -2.39. The SMILES string of the molecule is Cc1ccc(Nc2nc(COC(=O)c3ccc(Cl)c(S(=O)(=O)N4CCC[C@@H](C)C4)c3)cs2)cc1. The Kier molecular flexibility index (Phi) is 7.57. The number of sulfonamides is 1. The second-order valence-corrected chi connectivity index (χ2v) is 11.6. The number of thiazole rings is 1. The van der Waals surface area contributed by atoms with Crippen LogP contribution in [-0.2, 0) is 21.4 Å². The van der Waals surface area contributed by atoms with Gasteiger partial charge in [0.1, 0.15) is 11.5 Å². The molecule has 0 bridgehead atoms. The first kappa shape index (κ1) is 24.7. The van der Waals surface area contributed by atoms with Gasteiger partial charge in [-0.1, -0.05) is 36.2 Å². The zero-order chi connectivity index (χ0) is 24.3. The van der Waals surface area contributed by atoms with E-state index in [1.165, 1.54) is 39.4 Å². The number of halogens is 1. The third-order valence-corrected chi connectivity index (χ3v) is 8.76. The quantitative estimate of drug-likeness (QED) is 0.407. The summed E-state index contributed by atoms with van der Waals surface area (Å²) in [6.45, 7) is 4.90. The molecule has 0 saturated carbocycles. The molecule has 4 rings (SSSR count). The molecular formula is C24H26ClN3O4S2. The molecule has 1 atom stereocenters. The van der Waals surface area contributed by atoms with Gasteiger partial charge in [-0.3, -0.25) is 0 Å². The minimum Gasteiger partial charge on any atom is -0.456 e. The second-order valence-electron chi connectivity index (χ2n) is 8.47. The van der Waals surface area contributed by atoms with E-state index in [1.807, 2.05) is 38.1 Å². The largest absolute Gasteiger partial charge is 0.456 e. The summed E-state index contributed by atoms with van der Waals surface area (Å²) in [6.07, 6.45) is 1.79. The maximum atomic E-state index is 13.2. The first-order valence-electron chi connectivity index (χ1n) is 11.0. The van der Waals surface area contributed by atoms with E-state index in [1.54, 1.807) is 5.38 Å². The minimum atomic E-state index is -3.80. The summed E-state index contributed by atoms with van der Waals surface area (Å²) >= 11 is 7.62. The van der Waals surface area contributed by atoms with Crippen molar-refractivity contribution in [1.29, 1.82) is 0 Å². The van der Waals surface area contributed by atoms with Gasteiger partial charge in [0, 0.05) is 24.2 Å². The van der Waals surface area contributed by atoms with Gasteiger partial charge in [-0.05, 0) is 56.0 Å². The Bertz CT molecular complexity index is 1280. The highest BCUT2D eigenvalue weighted by Crippen LogP contribution is 2.29. The molecule has 2 heterocycles. The number of benzene rings is 2. The van der Waals surface area contributed by atoms with Crippen LogP contribution in [0.2, 0.25) is 5.02 Å². The van der Waals surface area contributed by atoms with E-state index in [0.29, 0.717) is 23.9 Å². The smallest absolute Gasteiger partial charge is 0.338 e. The molecule has 34 heavy (non-hydrogen) atoms. The number of hydrogen-bond acceptors (Lipinski definition) is 7. The van der Waals surface area contributed by atoms with Crippen LogP contribution in [0.1, 0.15) is 41.4 Å². The van der Waals surface area contributed by atoms with Crippen molar-refractivity contribution in [3.8, 4) is 0 Å². The van der Waals surface area contributed by atoms with Crippen LogP contribution in [0, 0.1) is 12.8 Å². The molecule has 10 heteroatoms. The number of hydrogen-bond donors (Lipinski definition) is 1. The Morgan fingerprint density at radius 1 is 1.26 bits per heavy atom. The predicted octanol–water partition coefficient (Wildman–Crippen LogP) is 5.63. The van der Waals surface area contributed by atoms with Crippen molar-refractivity contribution in [2.45, 2.75) is 38.2 Å². The van der Waals surface area contributed by atoms with Gasteiger partial charge in [0.05, 0.1) is 16.3 Å². The Morgan fingerprint density at radius 3 is 2.76 bits per heavy atom. The lowest BCUT2D eigenvalue weighted by molar-refractivity contribution is 0.0468. The molecule has 3 aromatic rings. The molecule has 1 saturated heterocycles. The van der Waals surface area contributed by atoms with E-state index in [-0.39, 0.29) is 28.0 Å². The third-order valence-electron chi connectivity index (χ3n) is 5.61. The van der Waals surface area contributed by atoms with Crippen LogP contribution in [0.15, 0.2) is 52.7 Å². The molecule has 0 aliphatic carbocycles. The molecule has 1 aromatic heterocycles. The summed E-state index contributed by atoms with van der Waals surface area (Å²) in [4.78, 5) is 17.0. The van der Waals surface area contributed by atoms with Crippen molar-refractivity contribution in [1.82, 2.24) is 9.29 Å². The first-order valence-corrected chi connectivity index (χ1v) is 13.7. The number of ether oxygens (including phenoxy) is 1. The highest BCUT2D eigenvalue weighted by molar-refractivity contribution is 7.89. The number of nitrogens with one attached hydrogen (secondary N) is 1. The van der Waals surface area contributed by atoms with Gasteiger partial charge < -0.3 is 10.1 Å². The molecule has 2 aromatic carbocycles. The zero-order valence-corrected chi connectivity index (χ0v) is 21.3. The number of carbonyl (C=O) groups is 1. The summed E-state index contributed by atoms with van der Waals surface area (Å²) in [5.41, 5.74) is 2.81. The van der Waals surface area contributed by atoms with E-state index in [0.717, 1.165) is 18.5 Å². The Hall–Kier alpha value is -2.46. The van der Waals surface area contributed by atoms with Gasteiger partial charge in [-0.2, -0.15) is 4.31 Å². The summed E-state index contributed by atoms with van der Waals surface area (Å²) < 4.78 is 33.1. The lowest BCUT2D eigenvalue weighted by Gasteiger charge is -2.30. The van der Waals surface area contributed by atoms with Crippen LogP contribution in [0.3, 0.4) is 0 Å². The fourth-order valence-corrected chi connectivity index (χ4v) is 6.56. The van der Waals surface area contributed by atoms with Crippen molar-refractivity contribution >= 4 is 49.7 Å². The van der Waals surface area contributed by atoms with Gasteiger partial charge in [0.2, 0.25) is 10.0 Å². The molecule has 1 fully saturated rings. The molecule has 180 valence electrons. The van der Waals surface area contributed by atoms with Crippen LogP contribution in [-0.4, -0.2) is 36.8 Å². The number of esters is 1. The molecule has 1 aliphatic heterocycles. The first-order chi connectivity index (χ1) is 16.2. The number of piperidine rings is 1. The van der Waals surface area contributed by atoms with Crippen LogP contribution in [0.25, 0.3) is 0 Å². The topological polar surface area (TPSA) is 88.6 Å². The van der Waals surface area contributed by atoms with Gasteiger partial charge >= 0.3 is 5.97 Å². The van der Waals surface area contributed by atoms with Crippen molar-refractivity contribution in [2.24, 2.45) is 5.92 Å². The molecule has 0 amide bonds. The van der Waals surface area contributed by atoms with E-state index in [9.17, 15) is 13.2 Å². The van der Waals surface area contributed by atoms with Gasteiger partial charge in [0.25, 0.3) is 0 Å². The van der Waals surface area contributed by atoms with Crippen LogP contribution < -0.4 is 5.32 Å². The summed E-state index contributed by atoms with van der Waals surface area (Å²) in [7, 11) is -3.80. The number of anilines is 2. The van der Waals surface area contributed by atoms with E-state index in [2.05, 4.69) is 10.3 Å². The van der Waals surface area contributed by atoms with E-state index in [4.69, 9.17) is 16.3 Å². The summed E-state index contributed by atoms with van der Waals surface area (Å²) in [5, 5.41) is 5.79. The normalized spacial score (nSPS) is 16.9. The fraction of sp³-hybridized carbons (Fsp3) is 0.333. The van der Waals surface area contributed by atoms with Crippen molar-refractivity contribution in [3.63, 3.8) is 0 Å². The third kappa shape index (κ3) is 5.78. The summed E-state index contributed by atoms with van der Waals surface area (Å²) in [6, 6.07) is 12.1. The zero-order valence-electron chi connectivity index (χ0n) is 19.0.